The molecule has 1 spiro atoms. The Hall–Kier alpha value is -1.56. The smallest absolute Gasteiger partial charge is 0.246 e. The highest BCUT2D eigenvalue weighted by atomic mass is 32.2. The molecule has 1 aromatic carbocycles. The van der Waals surface area contributed by atoms with Gasteiger partial charge in [-0.05, 0) is 31.4 Å². The van der Waals surface area contributed by atoms with Crippen molar-refractivity contribution in [2.24, 2.45) is 0 Å². The van der Waals surface area contributed by atoms with Crippen LogP contribution in [0.5, 0.6) is 5.75 Å². The zero-order valence-corrected chi connectivity index (χ0v) is 9.75. The number of fused-ring (bicyclic) bond motifs is 1. The van der Waals surface area contributed by atoms with Gasteiger partial charge in [0.2, 0.25) is 5.91 Å². The van der Waals surface area contributed by atoms with Crippen LogP contribution >= 0.6 is 0 Å². The van der Waals surface area contributed by atoms with Crippen molar-refractivity contribution in [2.75, 3.05) is 5.32 Å². The van der Waals surface area contributed by atoms with Crippen molar-refractivity contribution in [3.8, 4) is 5.75 Å². The van der Waals surface area contributed by atoms with Gasteiger partial charge < -0.3 is 10.4 Å². The molecule has 0 atom stereocenters. The van der Waals surface area contributed by atoms with Crippen LogP contribution in [0, 0.1) is 0 Å². The van der Waals surface area contributed by atoms with E-state index in [-0.39, 0.29) is 16.3 Å². The summed E-state index contributed by atoms with van der Waals surface area (Å²) < 4.78 is 23.5. The second-order valence-electron chi connectivity index (χ2n) is 4.49. The summed E-state index contributed by atoms with van der Waals surface area (Å²) in [6, 6.07) is 3.96. The van der Waals surface area contributed by atoms with Crippen LogP contribution in [0.25, 0.3) is 0 Å². The van der Waals surface area contributed by atoms with Crippen molar-refractivity contribution in [1.82, 2.24) is 0 Å². The van der Waals surface area contributed by atoms with Crippen LogP contribution in [0.15, 0.2) is 23.1 Å². The number of rotatable bonds is 0. The third-order valence-corrected chi connectivity index (χ3v) is 6.13. The van der Waals surface area contributed by atoms with E-state index in [0.717, 1.165) is 6.42 Å². The Bertz CT molecular complexity index is 616. The number of amides is 1. The lowest BCUT2D eigenvalue weighted by molar-refractivity contribution is -0.120. The van der Waals surface area contributed by atoms with Crippen LogP contribution < -0.4 is 5.32 Å². The van der Waals surface area contributed by atoms with E-state index in [1.807, 2.05) is 0 Å². The zero-order valence-electron chi connectivity index (χ0n) is 8.93. The molecule has 3 rings (SSSR count). The standard InChI is InChI=1S/C11H11NO4S/c13-7-2-3-8-9(6-7)17(15,16)11(4-1-5-11)10(14)12-8/h2-3,6,13H,1,4-5H2,(H,12,14). The molecule has 1 aliphatic carbocycles. The second kappa shape index (κ2) is 3.01. The number of phenols is 1. The molecule has 0 bridgehead atoms. The molecular weight excluding hydrogens is 242 g/mol. The molecule has 0 radical (unpaired) electrons. The van der Waals surface area contributed by atoms with Crippen molar-refractivity contribution < 1.29 is 18.3 Å². The van der Waals surface area contributed by atoms with Crippen LogP contribution in [0.1, 0.15) is 19.3 Å². The van der Waals surface area contributed by atoms with E-state index in [1.54, 1.807) is 0 Å². The first kappa shape index (κ1) is 10.6. The Morgan fingerprint density at radius 2 is 2.00 bits per heavy atom. The lowest BCUT2D eigenvalue weighted by atomic mass is 9.83. The summed E-state index contributed by atoms with van der Waals surface area (Å²) >= 11 is 0. The minimum absolute atomic E-state index is 0.0248. The van der Waals surface area contributed by atoms with Gasteiger partial charge in [0.15, 0.2) is 14.6 Å². The molecule has 1 saturated carbocycles. The third kappa shape index (κ3) is 1.13. The number of carbonyl (C=O) groups excluding carboxylic acids is 1. The fourth-order valence-corrected chi connectivity index (χ4v) is 4.63. The monoisotopic (exact) mass is 253 g/mol. The van der Waals surface area contributed by atoms with Crippen LogP contribution in [0.4, 0.5) is 5.69 Å². The zero-order chi connectivity index (χ0) is 12.3. The molecule has 17 heavy (non-hydrogen) atoms. The predicted octanol–water partition coefficient (Wildman–Crippen LogP) is 1.04. The van der Waals surface area contributed by atoms with Gasteiger partial charge in [-0.15, -0.1) is 0 Å². The van der Waals surface area contributed by atoms with Gasteiger partial charge in [0, 0.05) is 6.07 Å². The molecule has 1 aromatic rings. The molecule has 2 aliphatic rings. The van der Waals surface area contributed by atoms with E-state index < -0.39 is 20.5 Å². The first-order valence-corrected chi connectivity index (χ1v) is 6.85. The quantitative estimate of drug-likeness (QED) is 0.677. The molecule has 0 saturated heterocycles. The molecule has 2 N–H and O–H groups in total. The number of hydrogen-bond donors (Lipinski definition) is 2. The Morgan fingerprint density at radius 1 is 1.29 bits per heavy atom. The average molecular weight is 253 g/mol. The highest BCUT2D eigenvalue weighted by Crippen LogP contribution is 2.48. The summed E-state index contributed by atoms with van der Waals surface area (Å²) in [4.78, 5) is 11.9. The largest absolute Gasteiger partial charge is 0.508 e. The van der Waals surface area contributed by atoms with Crippen LogP contribution in [-0.2, 0) is 14.6 Å². The van der Waals surface area contributed by atoms with Gasteiger partial charge in [0.1, 0.15) is 5.75 Å². The Labute approximate surface area is 98.4 Å². The minimum Gasteiger partial charge on any atom is -0.508 e. The van der Waals surface area contributed by atoms with E-state index in [1.165, 1.54) is 18.2 Å². The van der Waals surface area contributed by atoms with E-state index in [9.17, 15) is 18.3 Å². The molecule has 5 nitrogen and oxygen atoms in total. The van der Waals surface area contributed by atoms with E-state index in [2.05, 4.69) is 5.32 Å². The van der Waals surface area contributed by atoms with Gasteiger partial charge in [0.05, 0.1) is 10.6 Å². The van der Waals surface area contributed by atoms with E-state index in [0.29, 0.717) is 12.8 Å². The topological polar surface area (TPSA) is 83.5 Å². The molecular formula is C11H11NO4S. The van der Waals surface area contributed by atoms with Crippen molar-refractivity contribution in [1.29, 1.82) is 0 Å². The van der Waals surface area contributed by atoms with E-state index in [4.69, 9.17) is 0 Å². The fourth-order valence-electron chi connectivity index (χ4n) is 2.40. The Balaban J connectivity index is 2.29. The summed E-state index contributed by atoms with van der Waals surface area (Å²) in [7, 11) is -3.69. The molecule has 1 aliphatic heterocycles. The fraction of sp³-hybridized carbons (Fsp3) is 0.364. The SMILES string of the molecule is O=C1Nc2ccc(O)cc2S(=O)(=O)C12CCC2. The van der Waals surface area contributed by atoms with Gasteiger partial charge in [-0.25, -0.2) is 8.42 Å². The van der Waals surface area contributed by atoms with Gasteiger partial charge >= 0.3 is 0 Å². The molecule has 0 aromatic heterocycles. The Morgan fingerprint density at radius 3 is 2.59 bits per heavy atom. The third-order valence-electron chi connectivity index (χ3n) is 3.59. The predicted molar refractivity (Wildman–Crippen MR) is 60.5 cm³/mol. The van der Waals surface area contributed by atoms with Gasteiger partial charge in [-0.3, -0.25) is 4.79 Å². The first-order valence-electron chi connectivity index (χ1n) is 5.36. The van der Waals surface area contributed by atoms with Crippen molar-refractivity contribution in [2.45, 2.75) is 28.9 Å². The number of carbonyl (C=O) groups is 1. The second-order valence-corrected chi connectivity index (χ2v) is 6.71. The van der Waals surface area contributed by atoms with Crippen LogP contribution in [-0.4, -0.2) is 24.2 Å². The molecule has 0 unspecified atom stereocenters. The number of aromatic hydroxyl groups is 1. The number of benzene rings is 1. The number of anilines is 1. The molecule has 1 fully saturated rings. The highest BCUT2D eigenvalue weighted by Gasteiger charge is 2.58. The van der Waals surface area contributed by atoms with Gasteiger partial charge in [0.25, 0.3) is 0 Å². The lowest BCUT2D eigenvalue weighted by Gasteiger charge is -2.42. The summed E-state index contributed by atoms with van der Waals surface area (Å²) in [5, 5.41) is 12.0. The maximum atomic E-state index is 12.4. The first-order chi connectivity index (χ1) is 7.97. The summed E-state index contributed by atoms with van der Waals surface area (Å²) in [6.45, 7) is 0. The van der Waals surface area contributed by atoms with Crippen molar-refractivity contribution >= 4 is 21.4 Å². The number of sulfone groups is 1. The summed E-state index contributed by atoms with van der Waals surface area (Å²) in [5.41, 5.74) is 0.255. The summed E-state index contributed by atoms with van der Waals surface area (Å²) in [6.07, 6.45) is 1.45. The molecule has 1 amide bonds. The number of hydrogen-bond acceptors (Lipinski definition) is 4. The Kier molecular flexibility index (Phi) is 1.87. The lowest BCUT2D eigenvalue weighted by Crippen LogP contribution is -2.57. The maximum Gasteiger partial charge on any atom is 0.246 e. The maximum absolute atomic E-state index is 12.4. The van der Waals surface area contributed by atoms with Crippen molar-refractivity contribution in [3.63, 3.8) is 0 Å². The average Bonchev–Trinajstić information content (AvgIpc) is 2.17. The van der Waals surface area contributed by atoms with Crippen molar-refractivity contribution in [3.05, 3.63) is 18.2 Å². The summed E-state index contributed by atoms with van der Waals surface area (Å²) in [5.74, 6) is -0.556. The number of phenolic OH excluding ortho intramolecular Hbond substituents is 1. The van der Waals surface area contributed by atoms with Crippen LogP contribution in [0.3, 0.4) is 0 Å². The van der Waals surface area contributed by atoms with Crippen LogP contribution in [0.2, 0.25) is 0 Å². The highest BCUT2D eigenvalue weighted by molar-refractivity contribution is 7.94. The molecule has 90 valence electrons. The molecule has 6 heteroatoms. The minimum atomic E-state index is -3.69. The van der Waals surface area contributed by atoms with E-state index >= 15 is 0 Å². The molecule has 1 heterocycles. The van der Waals surface area contributed by atoms with Gasteiger partial charge in [-0.2, -0.15) is 0 Å². The number of nitrogens with one attached hydrogen (secondary N) is 1. The van der Waals surface area contributed by atoms with Gasteiger partial charge in [-0.1, -0.05) is 0 Å². The normalized spacial score (nSPS) is 23.6.